The van der Waals surface area contributed by atoms with Crippen molar-refractivity contribution < 1.29 is 9.53 Å². The fourth-order valence-electron chi connectivity index (χ4n) is 4.27. The Morgan fingerprint density at radius 1 is 1.29 bits per heavy atom. The van der Waals surface area contributed by atoms with Gasteiger partial charge in [-0.25, -0.2) is 0 Å². The molecule has 0 unspecified atom stereocenters. The fraction of sp³-hybridized carbons (Fsp3) is 0.684. The largest absolute Gasteiger partial charge is 0.379 e. The van der Waals surface area contributed by atoms with Crippen LogP contribution in [-0.2, 0) is 16.0 Å². The van der Waals surface area contributed by atoms with E-state index in [9.17, 15) is 4.79 Å². The van der Waals surface area contributed by atoms with Gasteiger partial charge in [0.1, 0.15) is 0 Å². The van der Waals surface area contributed by atoms with E-state index >= 15 is 0 Å². The predicted molar refractivity (Wildman–Crippen MR) is 93.8 cm³/mol. The van der Waals surface area contributed by atoms with Gasteiger partial charge in [-0.2, -0.15) is 0 Å². The molecule has 1 atom stereocenters. The van der Waals surface area contributed by atoms with Crippen molar-refractivity contribution in [3.05, 3.63) is 30.1 Å². The SMILES string of the molecule is C[C@H](NC(=O)CCc1ccncc1)C1(N2CCOCC2)CCCC1. The highest BCUT2D eigenvalue weighted by Gasteiger charge is 2.44. The van der Waals surface area contributed by atoms with Crippen LogP contribution in [0, 0.1) is 0 Å². The molecule has 1 saturated heterocycles. The summed E-state index contributed by atoms with van der Waals surface area (Å²) in [6, 6.07) is 4.13. The molecule has 1 N–H and O–H groups in total. The van der Waals surface area contributed by atoms with Gasteiger partial charge in [-0.15, -0.1) is 0 Å². The van der Waals surface area contributed by atoms with Crippen LogP contribution in [0.2, 0.25) is 0 Å². The second-order valence-electron chi connectivity index (χ2n) is 7.05. The minimum absolute atomic E-state index is 0.121. The molecule has 1 amide bonds. The molecule has 132 valence electrons. The summed E-state index contributed by atoms with van der Waals surface area (Å²) < 4.78 is 5.52. The maximum absolute atomic E-state index is 12.4. The van der Waals surface area contributed by atoms with Crippen LogP contribution in [0.4, 0.5) is 0 Å². The summed E-state index contributed by atoms with van der Waals surface area (Å²) in [5.74, 6) is 0.152. The van der Waals surface area contributed by atoms with E-state index < -0.39 is 0 Å². The van der Waals surface area contributed by atoms with Gasteiger partial charge in [0.2, 0.25) is 5.91 Å². The number of aryl methyl sites for hydroxylation is 1. The molecule has 1 aromatic rings. The Morgan fingerprint density at radius 2 is 1.96 bits per heavy atom. The van der Waals surface area contributed by atoms with Gasteiger partial charge >= 0.3 is 0 Å². The molecule has 5 nitrogen and oxygen atoms in total. The minimum atomic E-state index is 0.121. The molecule has 1 aliphatic carbocycles. The summed E-state index contributed by atoms with van der Waals surface area (Å²) >= 11 is 0. The number of hydrogen-bond donors (Lipinski definition) is 1. The van der Waals surface area contributed by atoms with Crippen LogP contribution in [-0.4, -0.2) is 53.7 Å². The Hall–Kier alpha value is -1.46. The number of pyridine rings is 1. The second kappa shape index (κ2) is 8.08. The summed E-state index contributed by atoms with van der Waals surface area (Å²) in [5.41, 5.74) is 1.28. The molecule has 2 aliphatic rings. The number of hydrogen-bond acceptors (Lipinski definition) is 4. The first-order valence-electron chi connectivity index (χ1n) is 9.22. The second-order valence-corrected chi connectivity index (χ2v) is 7.05. The summed E-state index contributed by atoms with van der Waals surface area (Å²) in [7, 11) is 0. The van der Waals surface area contributed by atoms with Crippen molar-refractivity contribution in [2.75, 3.05) is 26.3 Å². The molecule has 24 heavy (non-hydrogen) atoms. The van der Waals surface area contributed by atoms with Gasteiger partial charge in [0, 0.05) is 43.5 Å². The van der Waals surface area contributed by atoms with Gasteiger partial charge in [0.15, 0.2) is 0 Å². The number of amides is 1. The molecule has 1 aromatic heterocycles. The number of nitrogens with zero attached hydrogens (tertiary/aromatic N) is 2. The average Bonchev–Trinajstić information content (AvgIpc) is 3.13. The summed E-state index contributed by atoms with van der Waals surface area (Å²) in [6.45, 7) is 5.77. The number of ether oxygens (including phenoxy) is 1. The van der Waals surface area contributed by atoms with E-state index in [2.05, 4.69) is 22.1 Å². The molecule has 5 heteroatoms. The molecule has 1 saturated carbocycles. The molecule has 2 heterocycles. The number of carbonyl (C=O) groups excluding carboxylic acids is 1. The van der Waals surface area contributed by atoms with Crippen LogP contribution < -0.4 is 5.32 Å². The molecule has 0 radical (unpaired) electrons. The summed E-state index contributed by atoms with van der Waals surface area (Å²) in [4.78, 5) is 19.0. The Bertz CT molecular complexity index is 523. The van der Waals surface area contributed by atoms with Gasteiger partial charge in [0.25, 0.3) is 0 Å². The van der Waals surface area contributed by atoms with Crippen molar-refractivity contribution in [3.63, 3.8) is 0 Å². The van der Waals surface area contributed by atoms with Crippen LogP contribution in [0.15, 0.2) is 24.5 Å². The lowest BCUT2D eigenvalue weighted by Crippen LogP contribution is -2.62. The lowest BCUT2D eigenvalue weighted by atomic mass is 9.86. The zero-order chi connectivity index (χ0) is 16.8. The van der Waals surface area contributed by atoms with Crippen LogP contribution >= 0.6 is 0 Å². The van der Waals surface area contributed by atoms with Crippen molar-refractivity contribution in [1.29, 1.82) is 0 Å². The highest BCUT2D eigenvalue weighted by molar-refractivity contribution is 5.76. The monoisotopic (exact) mass is 331 g/mol. The predicted octanol–water partition coefficient (Wildman–Crippen LogP) is 2.16. The normalized spacial score (nSPS) is 22.2. The molecular weight excluding hydrogens is 302 g/mol. The van der Waals surface area contributed by atoms with Gasteiger partial charge in [-0.1, -0.05) is 12.8 Å². The highest BCUT2D eigenvalue weighted by Crippen LogP contribution is 2.38. The molecule has 3 rings (SSSR count). The number of nitrogens with one attached hydrogen (secondary N) is 1. The summed E-state index contributed by atoms with van der Waals surface area (Å²) in [6.07, 6.45) is 9.74. The van der Waals surface area contributed by atoms with E-state index in [1.165, 1.54) is 25.7 Å². The van der Waals surface area contributed by atoms with Crippen molar-refractivity contribution in [1.82, 2.24) is 15.2 Å². The van der Waals surface area contributed by atoms with Crippen LogP contribution in [0.5, 0.6) is 0 Å². The van der Waals surface area contributed by atoms with Crippen LogP contribution in [0.1, 0.15) is 44.6 Å². The van der Waals surface area contributed by atoms with E-state index in [-0.39, 0.29) is 17.5 Å². The first-order valence-corrected chi connectivity index (χ1v) is 9.22. The Kier molecular flexibility index (Phi) is 5.85. The van der Waals surface area contributed by atoms with Gasteiger partial charge in [0.05, 0.1) is 13.2 Å². The van der Waals surface area contributed by atoms with Crippen LogP contribution in [0.3, 0.4) is 0 Å². The summed E-state index contributed by atoms with van der Waals surface area (Å²) in [5, 5.41) is 3.29. The van der Waals surface area contributed by atoms with Crippen molar-refractivity contribution in [3.8, 4) is 0 Å². The first kappa shape index (κ1) is 17.4. The number of rotatable bonds is 6. The van der Waals surface area contributed by atoms with Crippen molar-refractivity contribution in [2.24, 2.45) is 0 Å². The maximum atomic E-state index is 12.4. The van der Waals surface area contributed by atoms with E-state index in [1.54, 1.807) is 12.4 Å². The average molecular weight is 331 g/mol. The van der Waals surface area contributed by atoms with E-state index in [1.807, 2.05) is 12.1 Å². The Balaban J connectivity index is 1.57. The van der Waals surface area contributed by atoms with Gasteiger partial charge in [-0.3, -0.25) is 14.7 Å². The zero-order valence-corrected chi connectivity index (χ0v) is 14.7. The molecule has 2 fully saturated rings. The number of carbonyl (C=O) groups is 1. The fourth-order valence-corrected chi connectivity index (χ4v) is 4.27. The molecule has 0 aromatic carbocycles. The lowest BCUT2D eigenvalue weighted by Gasteiger charge is -2.47. The van der Waals surface area contributed by atoms with Crippen molar-refractivity contribution >= 4 is 5.91 Å². The maximum Gasteiger partial charge on any atom is 0.220 e. The van der Waals surface area contributed by atoms with Crippen molar-refractivity contribution in [2.45, 2.75) is 57.0 Å². The molecule has 0 bridgehead atoms. The third-order valence-electron chi connectivity index (χ3n) is 5.68. The number of morpholine rings is 1. The van der Waals surface area contributed by atoms with Gasteiger partial charge < -0.3 is 10.1 Å². The van der Waals surface area contributed by atoms with E-state index in [0.29, 0.717) is 6.42 Å². The number of aromatic nitrogens is 1. The van der Waals surface area contributed by atoms with E-state index in [4.69, 9.17) is 4.74 Å². The molecule has 0 spiro atoms. The molecule has 1 aliphatic heterocycles. The third-order valence-corrected chi connectivity index (χ3v) is 5.68. The third kappa shape index (κ3) is 3.95. The Morgan fingerprint density at radius 3 is 2.62 bits per heavy atom. The Labute approximate surface area is 144 Å². The first-order chi connectivity index (χ1) is 11.7. The van der Waals surface area contributed by atoms with E-state index in [0.717, 1.165) is 38.3 Å². The lowest BCUT2D eigenvalue weighted by molar-refractivity contribution is -0.123. The topological polar surface area (TPSA) is 54.5 Å². The standard InChI is InChI=1S/C19H29N3O2/c1-16(21-18(23)5-4-17-6-10-20-11-7-17)19(8-2-3-9-19)22-12-14-24-15-13-22/h6-7,10-11,16H,2-5,8-9,12-15H2,1H3,(H,21,23)/t16-/m0/s1. The quantitative estimate of drug-likeness (QED) is 0.868. The minimum Gasteiger partial charge on any atom is -0.379 e. The van der Waals surface area contributed by atoms with Crippen LogP contribution in [0.25, 0.3) is 0 Å². The van der Waals surface area contributed by atoms with Gasteiger partial charge in [-0.05, 0) is 43.9 Å². The molecular formula is C19H29N3O2. The highest BCUT2D eigenvalue weighted by atomic mass is 16.5. The zero-order valence-electron chi connectivity index (χ0n) is 14.7. The smallest absolute Gasteiger partial charge is 0.220 e.